The maximum absolute atomic E-state index is 12.1. The molecule has 2 fully saturated rings. The van der Waals surface area contributed by atoms with Gasteiger partial charge in [0.25, 0.3) is 0 Å². The number of carbonyl (C=O) groups is 2. The molecule has 2 rings (SSSR count). The lowest BCUT2D eigenvalue weighted by Gasteiger charge is -2.31. The van der Waals surface area contributed by atoms with Crippen LogP contribution in [0.5, 0.6) is 0 Å². The Bertz CT molecular complexity index is 356. The fourth-order valence-electron chi connectivity index (χ4n) is 2.75. The van der Waals surface area contributed by atoms with Gasteiger partial charge in [0.1, 0.15) is 5.60 Å². The molecule has 2 aliphatic rings. The number of hydrogen-bond donors (Lipinski definition) is 1. The summed E-state index contributed by atoms with van der Waals surface area (Å²) in [5.74, 6) is -0.429. The van der Waals surface area contributed by atoms with Crippen LogP contribution in [0.4, 0.5) is 0 Å². The molecule has 0 radical (unpaired) electrons. The lowest BCUT2D eigenvalue weighted by molar-refractivity contribution is -0.159. The lowest BCUT2D eigenvalue weighted by atomic mass is 10.1. The van der Waals surface area contributed by atoms with Gasteiger partial charge in [-0.3, -0.25) is 9.59 Å². The SMILES string of the molecule is CC(C)(C)OC(=O)[C@@H]1CC(=O)N(C2CCNCC2)C1. The molecule has 0 aromatic heterocycles. The van der Waals surface area contributed by atoms with E-state index in [0.29, 0.717) is 19.0 Å². The summed E-state index contributed by atoms with van der Waals surface area (Å²) < 4.78 is 5.38. The Hall–Kier alpha value is -1.10. The number of rotatable bonds is 2. The molecule has 0 bridgehead atoms. The molecule has 0 aromatic rings. The first-order valence-corrected chi connectivity index (χ1v) is 7.10. The van der Waals surface area contributed by atoms with Crippen molar-refractivity contribution in [2.75, 3.05) is 19.6 Å². The third-order valence-corrected chi connectivity index (χ3v) is 3.65. The Morgan fingerprint density at radius 1 is 1.32 bits per heavy atom. The monoisotopic (exact) mass is 268 g/mol. The van der Waals surface area contributed by atoms with Crippen molar-refractivity contribution in [1.29, 1.82) is 0 Å². The summed E-state index contributed by atoms with van der Waals surface area (Å²) in [6, 6.07) is 0.293. The van der Waals surface area contributed by atoms with Gasteiger partial charge < -0.3 is 15.0 Å². The van der Waals surface area contributed by atoms with Gasteiger partial charge in [-0.05, 0) is 46.7 Å². The van der Waals surface area contributed by atoms with Crippen LogP contribution in [0.25, 0.3) is 0 Å². The van der Waals surface area contributed by atoms with E-state index in [-0.39, 0.29) is 17.8 Å². The van der Waals surface area contributed by atoms with Crippen LogP contribution >= 0.6 is 0 Å². The van der Waals surface area contributed by atoms with E-state index >= 15 is 0 Å². The number of nitrogens with one attached hydrogen (secondary N) is 1. The normalized spacial score (nSPS) is 25.7. The molecule has 5 nitrogen and oxygen atoms in total. The van der Waals surface area contributed by atoms with E-state index < -0.39 is 5.60 Å². The van der Waals surface area contributed by atoms with E-state index in [1.54, 1.807) is 0 Å². The maximum Gasteiger partial charge on any atom is 0.311 e. The predicted octanol–water partition coefficient (Wildman–Crippen LogP) is 0.929. The zero-order valence-electron chi connectivity index (χ0n) is 12.1. The Morgan fingerprint density at radius 3 is 2.53 bits per heavy atom. The summed E-state index contributed by atoms with van der Waals surface area (Å²) in [6.07, 6.45) is 2.26. The molecule has 0 spiro atoms. The molecule has 1 amide bonds. The minimum atomic E-state index is -0.484. The number of amides is 1. The van der Waals surface area contributed by atoms with Gasteiger partial charge >= 0.3 is 5.97 Å². The zero-order valence-corrected chi connectivity index (χ0v) is 12.1. The molecule has 0 saturated carbocycles. The molecule has 0 aliphatic carbocycles. The largest absolute Gasteiger partial charge is 0.460 e. The molecule has 5 heteroatoms. The molecule has 19 heavy (non-hydrogen) atoms. The number of hydrogen-bond acceptors (Lipinski definition) is 4. The summed E-state index contributed by atoms with van der Waals surface area (Å²) in [4.78, 5) is 26.0. The molecule has 0 aromatic carbocycles. The van der Waals surface area contributed by atoms with Gasteiger partial charge in [0.05, 0.1) is 5.92 Å². The average molecular weight is 268 g/mol. The van der Waals surface area contributed by atoms with Crippen molar-refractivity contribution in [2.45, 2.75) is 51.7 Å². The van der Waals surface area contributed by atoms with E-state index in [2.05, 4.69) is 5.32 Å². The summed E-state index contributed by atoms with van der Waals surface area (Å²) in [7, 11) is 0. The maximum atomic E-state index is 12.1. The summed E-state index contributed by atoms with van der Waals surface area (Å²) in [5, 5.41) is 3.29. The first kappa shape index (κ1) is 14.3. The van der Waals surface area contributed by atoms with Crippen molar-refractivity contribution in [3.63, 3.8) is 0 Å². The molecular formula is C14H24N2O3. The van der Waals surface area contributed by atoms with Crippen LogP contribution in [0.1, 0.15) is 40.0 Å². The van der Waals surface area contributed by atoms with Gasteiger partial charge in [-0.1, -0.05) is 0 Å². The minimum Gasteiger partial charge on any atom is -0.460 e. The second-order valence-corrected chi connectivity index (χ2v) is 6.46. The van der Waals surface area contributed by atoms with Crippen LogP contribution in [0, 0.1) is 5.92 Å². The fraction of sp³-hybridized carbons (Fsp3) is 0.857. The van der Waals surface area contributed by atoms with Crippen molar-refractivity contribution in [3.05, 3.63) is 0 Å². The molecule has 2 heterocycles. The predicted molar refractivity (Wildman–Crippen MR) is 71.6 cm³/mol. The number of ether oxygens (including phenoxy) is 1. The smallest absolute Gasteiger partial charge is 0.311 e. The molecular weight excluding hydrogens is 244 g/mol. The van der Waals surface area contributed by atoms with Crippen LogP contribution in [0.3, 0.4) is 0 Å². The molecule has 1 atom stereocenters. The molecule has 108 valence electrons. The number of esters is 1. The average Bonchev–Trinajstić information content (AvgIpc) is 2.70. The second-order valence-electron chi connectivity index (χ2n) is 6.46. The van der Waals surface area contributed by atoms with Crippen LogP contribution in [-0.2, 0) is 14.3 Å². The number of carbonyl (C=O) groups excluding carboxylic acids is 2. The van der Waals surface area contributed by atoms with Crippen molar-refractivity contribution in [2.24, 2.45) is 5.92 Å². The van der Waals surface area contributed by atoms with E-state index in [4.69, 9.17) is 4.74 Å². The molecule has 2 saturated heterocycles. The van der Waals surface area contributed by atoms with E-state index in [1.807, 2.05) is 25.7 Å². The fourth-order valence-corrected chi connectivity index (χ4v) is 2.75. The Labute approximate surface area is 114 Å². The molecule has 2 aliphatic heterocycles. The van der Waals surface area contributed by atoms with Gasteiger partial charge in [-0.2, -0.15) is 0 Å². The summed E-state index contributed by atoms with van der Waals surface area (Å²) in [5.41, 5.74) is -0.484. The zero-order chi connectivity index (χ0) is 14.0. The second kappa shape index (κ2) is 5.49. The third kappa shape index (κ3) is 3.69. The van der Waals surface area contributed by atoms with E-state index in [0.717, 1.165) is 25.9 Å². The van der Waals surface area contributed by atoms with Crippen molar-refractivity contribution >= 4 is 11.9 Å². The van der Waals surface area contributed by atoms with Gasteiger partial charge in [-0.15, -0.1) is 0 Å². The van der Waals surface area contributed by atoms with Crippen LogP contribution in [-0.4, -0.2) is 48.1 Å². The molecule has 1 N–H and O–H groups in total. The van der Waals surface area contributed by atoms with Crippen molar-refractivity contribution in [1.82, 2.24) is 10.2 Å². The first-order chi connectivity index (χ1) is 8.87. The van der Waals surface area contributed by atoms with Crippen LogP contribution in [0.15, 0.2) is 0 Å². The Balaban J connectivity index is 1.93. The highest BCUT2D eigenvalue weighted by Crippen LogP contribution is 2.26. The van der Waals surface area contributed by atoms with Gasteiger partial charge in [0.2, 0.25) is 5.91 Å². The van der Waals surface area contributed by atoms with E-state index in [9.17, 15) is 9.59 Å². The molecule has 0 unspecified atom stereocenters. The lowest BCUT2D eigenvalue weighted by Crippen LogP contribution is -2.44. The Morgan fingerprint density at radius 2 is 1.95 bits per heavy atom. The topological polar surface area (TPSA) is 58.6 Å². The van der Waals surface area contributed by atoms with E-state index in [1.165, 1.54) is 0 Å². The number of likely N-dealkylation sites (tertiary alicyclic amines) is 1. The standard InChI is InChI=1S/C14H24N2O3/c1-14(2,3)19-13(18)10-8-12(17)16(9-10)11-4-6-15-7-5-11/h10-11,15H,4-9H2,1-3H3/t10-/m1/s1. The highest BCUT2D eigenvalue weighted by molar-refractivity contribution is 5.87. The number of nitrogens with zero attached hydrogens (tertiary/aromatic N) is 1. The van der Waals surface area contributed by atoms with Crippen LogP contribution < -0.4 is 5.32 Å². The van der Waals surface area contributed by atoms with Crippen molar-refractivity contribution in [3.8, 4) is 0 Å². The van der Waals surface area contributed by atoms with Crippen molar-refractivity contribution < 1.29 is 14.3 Å². The minimum absolute atomic E-state index is 0.0998. The quantitative estimate of drug-likeness (QED) is 0.757. The van der Waals surface area contributed by atoms with Gasteiger partial charge in [0.15, 0.2) is 0 Å². The highest BCUT2D eigenvalue weighted by Gasteiger charge is 2.39. The van der Waals surface area contributed by atoms with Crippen LogP contribution in [0.2, 0.25) is 0 Å². The third-order valence-electron chi connectivity index (χ3n) is 3.65. The Kier molecular flexibility index (Phi) is 4.13. The van der Waals surface area contributed by atoms with Gasteiger partial charge in [-0.25, -0.2) is 0 Å². The summed E-state index contributed by atoms with van der Waals surface area (Å²) >= 11 is 0. The highest BCUT2D eigenvalue weighted by atomic mass is 16.6. The summed E-state index contributed by atoms with van der Waals surface area (Å²) in [6.45, 7) is 7.99. The first-order valence-electron chi connectivity index (χ1n) is 7.10. The van der Waals surface area contributed by atoms with Gasteiger partial charge in [0, 0.05) is 19.0 Å². The number of piperidine rings is 1.